The number of hydrogen-bond acceptors (Lipinski definition) is 5. The highest BCUT2D eigenvalue weighted by Crippen LogP contribution is 2.31. The monoisotopic (exact) mass is 506 g/mol. The van der Waals surface area contributed by atoms with Gasteiger partial charge in [0.15, 0.2) is 0 Å². The molecule has 0 radical (unpaired) electrons. The van der Waals surface area contributed by atoms with E-state index in [2.05, 4.69) is 5.32 Å². The fourth-order valence-corrected chi connectivity index (χ4v) is 4.37. The van der Waals surface area contributed by atoms with Gasteiger partial charge >= 0.3 is 6.03 Å². The third kappa shape index (κ3) is 4.74. The van der Waals surface area contributed by atoms with Crippen molar-refractivity contribution in [1.29, 1.82) is 0 Å². The molecular formula is C31H26N2O5. The summed E-state index contributed by atoms with van der Waals surface area (Å²) in [7, 11) is 1.55. The number of barbiturate groups is 1. The molecule has 190 valence electrons. The first-order valence-electron chi connectivity index (χ1n) is 12.1. The molecule has 4 aromatic rings. The zero-order valence-electron chi connectivity index (χ0n) is 21.3. The number of imide groups is 2. The number of carbonyl (C=O) groups is 3. The third-order valence-electron chi connectivity index (χ3n) is 6.63. The van der Waals surface area contributed by atoms with Crippen molar-refractivity contribution in [2.24, 2.45) is 0 Å². The van der Waals surface area contributed by atoms with E-state index < -0.39 is 17.8 Å². The molecule has 0 saturated carbocycles. The molecule has 38 heavy (non-hydrogen) atoms. The van der Waals surface area contributed by atoms with Crippen LogP contribution in [-0.4, -0.2) is 25.0 Å². The zero-order chi connectivity index (χ0) is 26.8. The summed E-state index contributed by atoms with van der Waals surface area (Å²) < 4.78 is 11.6. The number of fused-ring (bicyclic) bond motifs is 1. The van der Waals surface area contributed by atoms with E-state index in [-0.39, 0.29) is 12.2 Å². The lowest BCUT2D eigenvalue weighted by Crippen LogP contribution is -2.54. The quantitative estimate of drug-likeness (QED) is 0.267. The van der Waals surface area contributed by atoms with Crippen LogP contribution >= 0.6 is 0 Å². The number of anilines is 1. The SMILES string of the molecule is COc1ccc(/C=C2\C(=O)NC(=O)N(c3ccc(C)c(C)c3)C2=O)c(OCc2cccc3ccccc23)c1. The topological polar surface area (TPSA) is 84.9 Å². The van der Waals surface area contributed by atoms with Crippen LogP contribution in [0.25, 0.3) is 16.8 Å². The molecule has 0 unspecified atom stereocenters. The molecule has 1 aliphatic heterocycles. The summed E-state index contributed by atoms with van der Waals surface area (Å²) >= 11 is 0. The average molecular weight is 507 g/mol. The molecule has 4 aromatic carbocycles. The summed E-state index contributed by atoms with van der Waals surface area (Å²) in [6.45, 7) is 4.09. The van der Waals surface area contributed by atoms with Crippen molar-refractivity contribution in [2.45, 2.75) is 20.5 Å². The van der Waals surface area contributed by atoms with Gasteiger partial charge in [-0.3, -0.25) is 14.9 Å². The van der Waals surface area contributed by atoms with Crippen LogP contribution in [-0.2, 0) is 16.2 Å². The van der Waals surface area contributed by atoms with E-state index in [1.807, 2.05) is 62.4 Å². The third-order valence-corrected chi connectivity index (χ3v) is 6.63. The van der Waals surface area contributed by atoms with Crippen molar-refractivity contribution in [3.8, 4) is 11.5 Å². The first-order chi connectivity index (χ1) is 18.4. The highest BCUT2D eigenvalue weighted by molar-refractivity contribution is 6.39. The maximum absolute atomic E-state index is 13.4. The van der Waals surface area contributed by atoms with Crippen LogP contribution in [0.4, 0.5) is 10.5 Å². The second kappa shape index (κ2) is 10.2. The summed E-state index contributed by atoms with van der Waals surface area (Å²) in [6.07, 6.45) is 1.44. The Labute approximate surface area is 220 Å². The van der Waals surface area contributed by atoms with Crippen molar-refractivity contribution >= 4 is 40.4 Å². The molecule has 1 heterocycles. The van der Waals surface area contributed by atoms with Crippen LogP contribution in [0.1, 0.15) is 22.3 Å². The largest absolute Gasteiger partial charge is 0.497 e. The van der Waals surface area contributed by atoms with Crippen LogP contribution in [0.3, 0.4) is 0 Å². The van der Waals surface area contributed by atoms with Crippen LogP contribution in [0.5, 0.6) is 11.5 Å². The van der Waals surface area contributed by atoms with E-state index in [0.717, 1.165) is 32.4 Å². The van der Waals surface area contributed by atoms with Gasteiger partial charge in [-0.15, -0.1) is 0 Å². The highest BCUT2D eigenvalue weighted by atomic mass is 16.5. The number of rotatable bonds is 6. The number of ether oxygens (including phenoxy) is 2. The molecule has 0 atom stereocenters. The van der Waals surface area contributed by atoms with E-state index in [1.54, 1.807) is 37.4 Å². The smallest absolute Gasteiger partial charge is 0.335 e. The number of benzene rings is 4. The van der Waals surface area contributed by atoms with Crippen LogP contribution in [0.2, 0.25) is 0 Å². The number of amides is 4. The Morgan fingerprint density at radius 3 is 2.45 bits per heavy atom. The first-order valence-corrected chi connectivity index (χ1v) is 12.1. The second-order valence-electron chi connectivity index (χ2n) is 9.06. The molecular weight excluding hydrogens is 480 g/mol. The van der Waals surface area contributed by atoms with Gasteiger partial charge in [-0.2, -0.15) is 0 Å². The molecule has 7 heteroatoms. The fraction of sp³-hybridized carbons (Fsp3) is 0.129. The molecule has 1 N–H and O–H groups in total. The van der Waals surface area contributed by atoms with Gasteiger partial charge in [0.25, 0.3) is 11.8 Å². The lowest BCUT2D eigenvalue weighted by atomic mass is 10.0. The van der Waals surface area contributed by atoms with Gasteiger partial charge in [0, 0.05) is 11.6 Å². The number of nitrogens with zero attached hydrogens (tertiary/aromatic N) is 1. The fourth-order valence-electron chi connectivity index (χ4n) is 4.37. The molecule has 1 aliphatic rings. The van der Waals surface area contributed by atoms with Crippen molar-refractivity contribution in [3.05, 3.63) is 107 Å². The summed E-state index contributed by atoms with van der Waals surface area (Å²) in [5.41, 5.74) is 3.64. The van der Waals surface area contributed by atoms with E-state index in [0.29, 0.717) is 22.7 Å². The number of carbonyl (C=O) groups excluding carboxylic acids is 3. The minimum atomic E-state index is -0.789. The standard InChI is InChI=1S/C31H26N2O5/c1-19-11-13-24(15-20(19)2)33-30(35)27(29(34)32-31(33)36)16-22-12-14-25(37-3)17-28(22)38-18-23-9-6-8-21-7-4-5-10-26(21)23/h4-17H,18H2,1-3H3,(H,32,34,36)/b27-16+. The number of aryl methyl sites for hydroxylation is 2. The predicted molar refractivity (Wildman–Crippen MR) is 146 cm³/mol. The molecule has 1 fully saturated rings. The molecule has 0 spiro atoms. The maximum atomic E-state index is 13.4. The molecule has 4 amide bonds. The molecule has 1 saturated heterocycles. The van der Waals surface area contributed by atoms with Gasteiger partial charge in [0.05, 0.1) is 12.8 Å². The van der Waals surface area contributed by atoms with E-state index in [1.165, 1.54) is 6.08 Å². The molecule has 7 nitrogen and oxygen atoms in total. The van der Waals surface area contributed by atoms with Gasteiger partial charge in [-0.25, -0.2) is 9.69 Å². The second-order valence-corrected chi connectivity index (χ2v) is 9.06. The van der Waals surface area contributed by atoms with E-state index in [9.17, 15) is 14.4 Å². The van der Waals surface area contributed by atoms with Crippen molar-refractivity contribution in [2.75, 3.05) is 12.0 Å². The Balaban J connectivity index is 1.50. The number of methoxy groups -OCH3 is 1. The minimum Gasteiger partial charge on any atom is -0.497 e. The van der Waals surface area contributed by atoms with Gasteiger partial charge in [0.1, 0.15) is 23.7 Å². The summed E-state index contributed by atoms with van der Waals surface area (Å²) in [6, 6.07) is 23.6. The highest BCUT2D eigenvalue weighted by Gasteiger charge is 2.37. The van der Waals surface area contributed by atoms with Crippen molar-refractivity contribution in [1.82, 2.24) is 5.32 Å². The van der Waals surface area contributed by atoms with Gasteiger partial charge in [-0.05, 0) is 71.7 Å². The normalized spacial score (nSPS) is 14.7. The molecule has 0 aliphatic carbocycles. The minimum absolute atomic E-state index is 0.178. The lowest BCUT2D eigenvalue weighted by Gasteiger charge is -2.27. The van der Waals surface area contributed by atoms with Crippen LogP contribution < -0.4 is 19.7 Å². The van der Waals surface area contributed by atoms with Gasteiger partial charge in [0.2, 0.25) is 0 Å². The Kier molecular flexibility index (Phi) is 6.66. The molecule has 0 aromatic heterocycles. The maximum Gasteiger partial charge on any atom is 0.335 e. The Bertz CT molecular complexity index is 1620. The first kappa shape index (κ1) is 24.8. The lowest BCUT2D eigenvalue weighted by molar-refractivity contribution is -0.122. The zero-order valence-corrected chi connectivity index (χ0v) is 21.3. The van der Waals surface area contributed by atoms with E-state index in [4.69, 9.17) is 9.47 Å². The Morgan fingerprint density at radius 2 is 1.66 bits per heavy atom. The molecule has 5 rings (SSSR count). The average Bonchev–Trinajstić information content (AvgIpc) is 2.92. The number of nitrogens with one attached hydrogen (secondary N) is 1. The summed E-state index contributed by atoms with van der Waals surface area (Å²) in [4.78, 5) is 39.8. The van der Waals surface area contributed by atoms with Gasteiger partial charge in [-0.1, -0.05) is 48.5 Å². The summed E-state index contributed by atoms with van der Waals surface area (Å²) in [5.74, 6) is -0.486. The van der Waals surface area contributed by atoms with Crippen molar-refractivity contribution in [3.63, 3.8) is 0 Å². The summed E-state index contributed by atoms with van der Waals surface area (Å²) in [5, 5.41) is 4.45. The number of hydrogen-bond donors (Lipinski definition) is 1. The van der Waals surface area contributed by atoms with E-state index >= 15 is 0 Å². The van der Waals surface area contributed by atoms with Crippen molar-refractivity contribution < 1.29 is 23.9 Å². The van der Waals surface area contributed by atoms with Crippen LogP contribution in [0.15, 0.2) is 84.4 Å². The Morgan fingerprint density at radius 1 is 0.868 bits per heavy atom. The predicted octanol–water partition coefficient (Wildman–Crippen LogP) is 5.71. The molecule has 0 bridgehead atoms. The number of urea groups is 1. The Hall–Kier alpha value is -4.91. The van der Waals surface area contributed by atoms with Crippen LogP contribution in [0, 0.1) is 13.8 Å². The van der Waals surface area contributed by atoms with Gasteiger partial charge < -0.3 is 9.47 Å².